The average molecular weight is 289 g/mol. The molecule has 0 radical (unpaired) electrons. The summed E-state index contributed by atoms with van der Waals surface area (Å²) in [6.45, 7) is 2.43. The number of H-pyrrole nitrogens is 1. The van der Waals surface area contributed by atoms with Crippen molar-refractivity contribution in [1.82, 2.24) is 30.3 Å². The quantitative estimate of drug-likeness (QED) is 0.773. The molecule has 2 aromatic rings. The van der Waals surface area contributed by atoms with Crippen molar-refractivity contribution in [2.75, 3.05) is 11.9 Å². The van der Waals surface area contributed by atoms with Crippen LogP contribution in [0.1, 0.15) is 22.7 Å². The number of likely N-dealkylation sites (N-methyl/N-ethyl adjacent to an activating group) is 1. The first-order valence-electron chi connectivity index (χ1n) is 6.55. The number of amides is 2. The molecule has 1 unspecified atom stereocenters. The molecular formula is C12H15N7O2. The van der Waals surface area contributed by atoms with Crippen molar-refractivity contribution in [1.29, 1.82) is 0 Å². The number of anilines is 1. The summed E-state index contributed by atoms with van der Waals surface area (Å²) in [6, 6.07) is 1.22. The number of rotatable bonds is 2. The van der Waals surface area contributed by atoms with E-state index in [2.05, 4.69) is 25.6 Å². The second kappa shape index (κ2) is 5.00. The SMILES string of the molecule is Cc1cc2n(n1)CCC(NC(=O)c1nc[nH]n1)C(=O)N2C. The van der Waals surface area contributed by atoms with E-state index in [0.717, 1.165) is 11.5 Å². The van der Waals surface area contributed by atoms with Gasteiger partial charge < -0.3 is 5.32 Å². The summed E-state index contributed by atoms with van der Waals surface area (Å²) in [7, 11) is 1.67. The van der Waals surface area contributed by atoms with Crippen LogP contribution in [0, 0.1) is 6.92 Å². The van der Waals surface area contributed by atoms with Crippen LogP contribution in [0.15, 0.2) is 12.4 Å². The van der Waals surface area contributed by atoms with Crippen LogP contribution in [0.4, 0.5) is 5.82 Å². The van der Waals surface area contributed by atoms with E-state index in [1.807, 2.05) is 13.0 Å². The van der Waals surface area contributed by atoms with Gasteiger partial charge in [-0.3, -0.25) is 19.6 Å². The van der Waals surface area contributed by atoms with E-state index >= 15 is 0 Å². The number of nitrogens with zero attached hydrogens (tertiary/aromatic N) is 5. The number of aromatic nitrogens is 5. The summed E-state index contributed by atoms with van der Waals surface area (Å²) in [6.07, 6.45) is 1.78. The maximum absolute atomic E-state index is 12.4. The first-order valence-corrected chi connectivity index (χ1v) is 6.55. The minimum absolute atomic E-state index is 0.0169. The molecule has 2 amide bonds. The van der Waals surface area contributed by atoms with E-state index in [1.54, 1.807) is 11.7 Å². The van der Waals surface area contributed by atoms with Crippen LogP contribution in [0.5, 0.6) is 0 Å². The van der Waals surface area contributed by atoms with Crippen LogP contribution in [0.3, 0.4) is 0 Å². The number of carbonyl (C=O) groups excluding carboxylic acids is 2. The number of aryl methyl sites for hydroxylation is 2. The van der Waals surface area contributed by atoms with E-state index in [9.17, 15) is 9.59 Å². The largest absolute Gasteiger partial charge is 0.337 e. The predicted octanol–water partition coefficient (Wildman–Crippen LogP) is -0.525. The molecule has 2 N–H and O–H groups in total. The van der Waals surface area contributed by atoms with E-state index in [1.165, 1.54) is 11.2 Å². The lowest BCUT2D eigenvalue weighted by Gasteiger charge is -2.19. The second-order valence-electron chi connectivity index (χ2n) is 4.90. The molecule has 9 heteroatoms. The standard InChI is InChI=1S/C12H15N7O2/c1-7-5-9-18(2)12(21)8(3-4-19(9)17-7)15-11(20)10-13-6-14-16-10/h5-6,8H,3-4H2,1-2H3,(H,15,20)(H,13,14,16). The van der Waals surface area contributed by atoms with E-state index in [4.69, 9.17) is 0 Å². The van der Waals surface area contributed by atoms with Crippen molar-refractivity contribution >= 4 is 17.6 Å². The lowest BCUT2D eigenvalue weighted by Crippen LogP contribution is -2.47. The molecule has 0 saturated carbocycles. The molecule has 2 aromatic heterocycles. The predicted molar refractivity (Wildman–Crippen MR) is 72.6 cm³/mol. The van der Waals surface area contributed by atoms with Crippen LogP contribution in [0.2, 0.25) is 0 Å². The Morgan fingerprint density at radius 1 is 1.52 bits per heavy atom. The number of hydrogen-bond acceptors (Lipinski definition) is 5. The molecule has 0 spiro atoms. The lowest BCUT2D eigenvalue weighted by atomic mass is 10.2. The fraction of sp³-hybridized carbons (Fsp3) is 0.417. The van der Waals surface area contributed by atoms with Crippen LogP contribution < -0.4 is 10.2 Å². The van der Waals surface area contributed by atoms with Crippen molar-refractivity contribution in [3.8, 4) is 0 Å². The summed E-state index contributed by atoms with van der Waals surface area (Å²) >= 11 is 0. The molecule has 1 aliphatic rings. The summed E-state index contributed by atoms with van der Waals surface area (Å²) in [5.74, 6) is 0.0895. The Kier molecular flexibility index (Phi) is 3.16. The van der Waals surface area contributed by atoms with Gasteiger partial charge in [0.1, 0.15) is 18.2 Å². The van der Waals surface area contributed by atoms with Crippen molar-refractivity contribution in [2.45, 2.75) is 25.9 Å². The molecule has 0 bridgehead atoms. The zero-order chi connectivity index (χ0) is 15.0. The maximum Gasteiger partial charge on any atom is 0.291 e. The summed E-state index contributed by atoms with van der Waals surface area (Å²) < 4.78 is 1.77. The molecule has 0 aromatic carbocycles. The van der Waals surface area contributed by atoms with E-state index < -0.39 is 11.9 Å². The fourth-order valence-electron chi connectivity index (χ4n) is 2.36. The highest BCUT2D eigenvalue weighted by Gasteiger charge is 2.30. The summed E-state index contributed by atoms with van der Waals surface area (Å²) in [5, 5.41) is 13.2. The Bertz CT molecular complexity index is 676. The minimum atomic E-state index is -0.622. The monoisotopic (exact) mass is 289 g/mol. The number of nitrogens with one attached hydrogen (secondary N) is 2. The van der Waals surface area contributed by atoms with Gasteiger partial charge in [-0.25, -0.2) is 9.67 Å². The highest BCUT2D eigenvalue weighted by atomic mass is 16.2. The molecule has 1 aliphatic heterocycles. The molecule has 0 fully saturated rings. The van der Waals surface area contributed by atoms with E-state index in [-0.39, 0.29) is 11.7 Å². The Hall–Kier alpha value is -2.71. The molecule has 0 aliphatic carbocycles. The molecule has 3 heterocycles. The Morgan fingerprint density at radius 2 is 2.33 bits per heavy atom. The van der Waals surface area contributed by atoms with Gasteiger partial charge in [0, 0.05) is 19.7 Å². The third-order valence-corrected chi connectivity index (χ3v) is 3.41. The Morgan fingerprint density at radius 3 is 3.05 bits per heavy atom. The number of fused-ring (bicyclic) bond motifs is 1. The lowest BCUT2D eigenvalue weighted by molar-refractivity contribution is -0.120. The fourth-order valence-corrected chi connectivity index (χ4v) is 2.36. The van der Waals surface area contributed by atoms with Gasteiger partial charge in [-0.2, -0.15) is 5.10 Å². The number of carbonyl (C=O) groups is 2. The van der Waals surface area contributed by atoms with E-state index in [0.29, 0.717) is 13.0 Å². The summed E-state index contributed by atoms with van der Waals surface area (Å²) in [4.78, 5) is 29.7. The van der Waals surface area contributed by atoms with Gasteiger partial charge in [0.05, 0.1) is 5.69 Å². The Labute approximate surface area is 120 Å². The molecule has 21 heavy (non-hydrogen) atoms. The maximum atomic E-state index is 12.4. The zero-order valence-corrected chi connectivity index (χ0v) is 11.7. The van der Waals surface area contributed by atoms with Crippen LogP contribution in [0.25, 0.3) is 0 Å². The molecule has 9 nitrogen and oxygen atoms in total. The molecule has 0 saturated heterocycles. The molecular weight excluding hydrogens is 274 g/mol. The third kappa shape index (κ3) is 2.37. The smallest absolute Gasteiger partial charge is 0.291 e. The zero-order valence-electron chi connectivity index (χ0n) is 11.7. The number of hydrogen-bond donors (Lipinski definition) is 2. The van der Waals surface area contributed by atoms with Crippen LogP contribution >= 0.6 is 0 Å². The van der Waals surface area contributed by atoms with Crippen molar-refractivity contribution in [3.63, 3.8) is 0 Å². The highest BCUT2D eigenvalue weighted by molar-refractivity contribution is 6.00. The first kappa shape index (κ1) is 13.3. The van der Waals surface area contributed by atoms with Gasteiger partial charge in [0.15, 0.2) is 0 Å². The topological polar surface area (TPSA) is 109 Å². The third-order valence-electron chi connectivity index (χ3n) is 3.41. The van der Waals surface area contributed by atoms with Gasteiger partial charge in [-0.05, 0) is 13.3 Å². The minimum Gasteiger partial charge on any atom is -0.337 e. The first-order chi connectivity index (χ1) is 10.1. The summed E-state index contributed by atoms with van der Waals surface area (Å²) in [5.41, 5.74) is 0.854. The van der Waals surface area contributed by atoms with Gasteiger partial charge >= 0.3 is 0 Å². The van der Waals surface area contributed by atoms with Gasteiger partial charge in [-0.1, -0.05) is 0 Å². The van der Waals surface area contributed by atoms with Crippen molar-refractivity contribution < 1.29 is 9.59 Å². The van der Waals surface area contributed by atoms with Crippen LogP contribution in [-0.2, 0) is 11.3 Å². The van der Waals surface area contributed by atoms with Crippen molar-refractivity contribution in [3.05, 3.63) is 23.9 Å². The van der Waals surface area contributed by atoms with Crippen molar-refractivity contribution in [2.24, 2.45) is 0 Å². The molecule has 3 rings (SSSR count). The van der Waals surface area contributed by atoms with Crippen LogP contribution in [-0.4, -0.2) is 49.9 Å². The van der Waals surface area contributed by atoms with Gasteiger partial charge in [0.2, 0.25) is 5.82 Å². The molecule has 1 atom stereocenters. The normalized spacial score (nSPS) is 18.3. The number of aromatic amines is 1. The highest BCUT2D eigenvalue weighted by Crippen LogP contribution is 2.20. The van der Waals surface area contributed by atoms with Gasteiger partial charge in [0.25, 0.3) is 11.8 Å². The van der Waals surface area contributed by atoms with Gasteiger partial charge in [-0.15, -0.1) is 5.10 Å². The molecule has 110 valence electrons. The second-order valence-corrected chi connectivity index (χ2v) is 4.90. The average Bonchev–Trinajstić information content (AvgIpc) is 3.09. The Balaban J connectivity index is 1.78.